The number of rotatable bonds is 1. The van der Waals surface area contributed by atoms with Crippen LogP contribution in [0.4, 0.5) is 0 Å². The van der Waals surface area contributed by atoms with Gasteiger partial charge in [-0.3, -0.25) is 0 Å². The van der Waals surface area contributed by atoms with Crippen LogP contribution in [0.3, 0.4) is 0 Å². The zero-order valence-electron chi connectivity index (χ0n) is 3.63. The Morgan fingerprint density at radius 2 is 2.43 bits per heavy atom. The lowest BCUT2D eigenvalue weighted by atomic mass is 10.7. The maximum absolute atomic E-state index is 5.34. The van der Waals surface area contributed by atoms with Gasteiger partial charge < -0.3 is 0 Å². The lowest BCUT2D eigenvalue weighted by Crippen LogP contribution is -2.06. The van der Waals surface area contributed by atoms with Crippen molar-refractivity contribution in [2.24, 2.45) is 4.99 Å². The highest BCUT2D eigenvalue weighted by atomic mass is 35.5. The molecule has 0 atom stereocenters. The van der Waals surface area contributed by atoms with E-state index in [0.717, 1.165) is 0 Å². The third-order valence-electron chi connectivity index (χ3n) is 0.633. The van der Waals surface area contributed by atoms with Gasteiger partial charge in [-0.25, -0.2) is 10.3 Å². The van der Waals surface area contributed by atoms with Gasteiger partial charge in [0.25, 0.3) is 0 Å². The van der Waals surface area contributed by atoms with Gasteiger partial charge in [-0.1, -0.05) is 0 Å². The molecule has 1 aliphatic rings. The van der Waals surface area contributed by atoms with Crippen molar-refractivity contribution in [1.82, 2.24) is 5.32 Å². The van der Waals surface area contributed by atoms with Crippen molar-refractivity contribution in [3.05, 3.63) is 12.4 Å². The van der Waals surface area contributed by atoms with E-state index >= 15 is 0 Å². The van der Waals surface area contributed by atoms with Gasteiger partial charge in [-0.05, 0) is 0 Å². The number of nitrogens with zero attached hydrogens (tertiary/aromatic N) is 2. The molecule has 7 heavy (non-hydrogen) atoms. The zero-order valence-corrected chi connectivity index (χ0v) is 4.39. The van der Waals surface area contributed by atoms with Crippen LogP contribution in [0.25, 0.3) is 0 Å². The van der Waals surface area contributed by atoms with Crippen LogP contribution in [-0.4, -0.2) is 11.7 Å². The Bertz CT molecular complexity index is 117. The smallest absolute Gasteiger partial charge is 0.143 e. The normalized spacial score (nSPS) is 16.4. The van der Waals surface area contributed by atoms with Crippen molar-refractivity contribution >= 4 is 17.4 Å². The average Bonchev–Trinajstić information content (AvgIpc) is 2.14. The number of aliphatic imine (C=N–C) groups is 1. The van der Waals surface area contributed by atoms with Crippen molar-refractivity contribution in [3.63, 3.8) is 0 Å². The summed E-state index contributed by atoms with van der Waals surface area (Å²) >= 11 is 5.34. The van der Waals surface area contributed by atoms with Crippen LogP contribution in [0, 0.1) is 0 Å². The number of alkyl halides is 1. The van der Waals surface area contributed by atoms with Crippen molar-refractivity contribution in [1.29, 1.82) is 0 Å². The molecule has 1 aliphatic heterocycles. The van der Waals surface area contributed by atoms with E-state index < -0.39 is 0 Å². The lowest BCUT2D eigenvalue weighted by molar-refractivity contribution is 1.28. The predicted octanol–water partition coefficient (Wildman–Crippen LogP) is 0.713. The number of hydrogen-bond donors (Lipinski definition) is 0. The summed E-state index contributed by atoms with van der Waals surface area (Å²) in [6.07, 6.45) is 3.25. The number of hydrogen-bond acceptors (Lipinski definition) is 1. The van der Waals surface area contributed by atoms with Crippen molar-refractivity contribution in [3.8, 4) is 0 Å². The summed E-state index contributed by atoms with van der Waals surface area (Å²) < 4.78 is 0. The predicted molar refractivity (Wildman–Crippen MR) is 29.4 cm³/mol. The third-order valence-corrected chi connectivity index (χ3v) is 0.872. The van der Waals surface area contributed by atoms with Gasteiger partial charge >= 0.3 is 0 Å². The molecule has 0 aromatic heterocycles. The highest BCUT2D eigenvalue weighted by Crippen LogP contribution is 1.90. The minimum absolute atomic E-state index is 0.410. The van der Waals surface area contributed by atoms with E-state index in [1.807, 2.05) is 0 Å². The van der Waals surface area contributed by atoms with Crippen LogP contribution >= 0.6 is 11.6 Å². The van der Waals surface area contributed by atoms with E-state index in [-0.39, 0.29) is 0 Å². The molecule has 3 heteroatoms. The Morgan fingerprint density at radius 1 is 1.57 bits per heavy atom. The minimum atomic E-state index is 0.410. The molecule has 1 heterocycles. The van der Waals surface area contributed by atoms with Gasteiger partial charge in [0.1, 0.15) is 5.84 Å². The molecule has 1 radical (unpaired) electrons. The molecule has 0 aliphatic carbocycles. The van der Waals surface area contributed by atoms with Gasteiger partial charge in [-0.15, -0.1) is 11.6 Å². The highest BCUT2D eigenvalue weighted by Gasteiger charge is 1.96. The first kappa shape index (κ1) is 4.65. The van der Waals surface area contributed by atoms with Gasteiger partial charge in [0.15, 0.2) is 0 Å². The van der Waals surface area contributed by atoms with Gasteiger partial charge in [0, 0.05) is 12.4 Å². The molecule has 0 N–H and O–H groups in total. The molecule has 1 rings (SSSR count). The topological polar surface area (TPSA) is 26.5 Å². The molecule has 0 fully saturated rings. The molecule has 37 valence electrons. The van der Waals surface area contributed by atoms with Gasteiger partial charge in [-0.2, -0.15) is 0 Å². The Morgan fingerprint density at radius 3 is 2.71 bits per heavy atom. The van der Waals surface area contributed by atoms with E-state index in [2.05, 4.69) is 10.3 Å². The fourth-order valence-electron chi connectivity index (χ4n) is 0.341. The second kappa shape index (κ2) is 1.98. The first-order valence-electron chi connectivity index (χ1n) is 1.92. The Labute approximate surface area is 46.9 Å². The summed E-state index contributed by atoms with van der Waals surface area (Å²) in [5.41, 5.74) is 0. The highest BCUT2D eigenvalue weighted by molar-refractivity contribution is 6.28. The van der Waals surface area contributed by atoms with Crippen LogP contribution in [0.5, 0.6) is 0 Å². The molecule has 0 bridgehead atoms. The standard InChI is InChI=1S/C4H4ClN2/c5-3-4-6-1-2-7-4/h1-2H,3H2. The van der Waals surface area contributed by atoms with Crippen molar-refractivity contribution in [2.45, 2.75) is 0 Å². The maximum Gasteiger partial charge on any atom is 0.143 e. The Kier molecular flexibility index (Phi) is 1.32. The van der Waals surface area contributed by atoms with Crippen LogP contribution in [0.2, 0.25) is 0 Å². The molecule has 0 saturated carbocycles. The summed E-state index contributed by atoms with van der Waals surface area (Å²) in [6, 6.07) is 0. The summed E-state index contributed by atoms with van der Waals surface area (Å²) in [5, 5.41) is 3.79. The first-order chi connectivity index (χ1) is 3.43. The van der Waals surface area contributed by atoms with Crippen LogP contribution < -0.4 is 5.32 Å². The monoisotopic (exact) mass is 115 g/mol. The van der Waals surface area contributed by atoms with Crippen molar-refractivity contribution in [2.75, 3.05) is 5.88 Å². The zero-order chi connectivity index (χ0) is 5.11. The number of amidine groups is 1. The molecule has 0 aromatic carbocycles. The second-order valence-corrected chi connectivity index (χ2v) is 1.37. The van der Waals surface area contributed by atoms with E-state index in [4.69, 9.17) is 11.6 Å². The molecule has 2 nitrogen and oxygen atoms in total. The van der Waals surface area contributed by atoms with E-state index in [1.54, 1.807) is 12.4 Å². The molecule has 0 aromatic rings. The molecular formula is C4H4ClN2. The van der Waals surface area contributed by atoms with Gasteiger partial charge in [0.05, 0.1) is 5.88 Å². The van der Waals surface area contributed by atoms with E-state index in [1.165, 1.54) is 0 Å². The SMILES string of the molecule is ClCC1=NC=C[N]1. The minimum Gasteiger partial charge on any atom is -0.239 e. The van der Waals surface area contributed by atoms with Crippen LogP contribution in [0.1, 0.15) is 0 Å². The van der Waals surface area contributed by atoms with Crippen LogP contribution in [0.15, 0.2) is 17.4 Å². The third kappa shape index (κ3) is 0.933. The maximum atomic E-state index is 5.34. The van der Waals surface area contributed by atoms with Crippen LogP contribution in [-0.2, 0) is 0 Å². The molecule has 0 unspecified atom stereocenters. The van der Waals surface area contributed by atoms with E-state index in [0.29, 0.717) is 11.7 Å². The average molecular weight is 116 g/mol. The largest absolute Gasteiger partial charge is 0.239 e. The fourth-order valence-corrected chi connectivity index (χ4v) is 0.479. The Balaban J connectivity index is 2.45. The molecular weight excluding hydrogens is 112 g/mol. The van der Waals surface area contributed by atoms with Crippen molar-refractivity contribution < 1.29 is 0 Å². The van der Waals surface area contributed by atoms with Gasteiger partial charge in [0.2, 0.25) is 0 Å². The summed E-state index contributed by atoms with van der Waals surface area (Å²) in [4.78, 5) is 3.79. The van der Waals surface area contributed by atoms with E-state index in [9.17, 15) is 0 Å². The lowest BCUT2D eigenvalue weighted by Gasteiger charge is -1.85. The first-order valence-corrected chi connectivity index (χ1v) is 2.45. The fraction of sp³-hybridized carbons (Fsp3) is 0.250. The number of halogens is 1. The second-order valence-electron chi connectivity index (χ2n) is 1.11. The molecule has 0 spiro atoms. The summed E-state index contributed by atoms with van der Waals surface area (Å²) in [7, 11) is 0. The summed E-state index contributed by atoms with van der Waals surface area (Å²) in [6.45, 7) is 0. The quantitative estimate of drug-likeness (QED) is 0.450. The Hall–Kier alpha value is -0.500. The molecule has 0 saturated heterocycles. The molecule has 0 amide bonds. The summed E-state index contributed by atoms with van der Waals surface area (Å²) in [5.74, 6) is 1.11.